The molecule has 1 N–H and O–H groups in total. The van der Waals surface area contributed by atoms with Crippen LogP contribution in [0.2, 0.25) is 0 Å². The van der Waals surface area contributed by atoms with Crippen LogP contribution in [-0.2, 0) is 4.74 Å². The Morgan fingerprint density at radius 2 is 2.18 bits per heavy atom. The number of carbonyl (C=O) groups is 1. The Labute approximate surface area is 101 Å². The quantitative estimate of drug-likeness (QED) is 0.794. The van der Waals surface area contributed by atoms with E-state index in [2.05, 4.69) is 4.90 Å². The largest absolute Gasteiger partial charge is 0.507 e. The van der Waals surface area contributed by atoms with Gasteiger partial charge >= 0.3 is 0 Å². The number of carbonyl (C=O) groups excluding carboxylic acids is 1. The molecule has 0 aromatic heterocycles. The molecule has 1 saturated heterocycles. The van der Waals surface area contributed by atoms with Crippen molar-refractivity contribution < 1.29 is 14.6 Å². The molecule has 1 aliphatic rings. The van der Waals surface area contributed by atoms with Gasteiger partial charge in [-0.3, -0.25) is 4.79 Å². The van der Waals surface area contributed by atoms with Gasteiger partial charge in [0.1, 0.15) is 5.75 Å². The molecule has 1 heterocycles. The predicted molar refractivity (Wildman–Crippen MR) is 65.8 cm³/mol. The number of anilines is 1. The third kappa shape index (κ3) is 2.77. The van der Waals surface area contributed by atoms with Crippen molar-refractivity contribution in [2.75, 3.05) is 31.2 Å². The van der Waals surface area contributed by atoms with Crippen LogP contribution in [-0.4, -0.2) is 37.2 Å². The number of phenolic OH excluding ortho intramolecular Hbond substituents is 1. The number of Topliss-reactive ketones (excluding diaryl/α,β-unsaturated/α-hetero) is 1. The molecule has 0 spiro atoms. The van der Waals surface area contributed by atoms with Crippen molar-refractivity contribution in [2.45, 2.75) is 13.3 Å². The molecule has 1 aromatic rings. The standard InChI is InChI=1S/C13H17NO3/c1-10(15)12-4-3-11(9-13(12)16)14-5-2-7-17-8-6-14/h3-4,9,16H,2,5-8H2,1H3. The van der Waals surface area contributed by atoms with E-state index in [0.717, 1.165) is 31.8 Å². The number of phenols is 1. The Hall–Kier alpha value is -1.55. The molecule has 1 fully saturated rings. The fraction of sp³-hybridized carbons (Fsp3) is 0.462. The molecule has 0 atom stereocenters. The van der Waals surface area contributed by atoms with Crippen LogP contribution in [0.5, 0.6) is 5.75 Å². The summed E-state index contributed by atoms with van der Waals surface area (Å²) >= 11 is 0. The van der Waals surface area contributed by atoms with E-state index in [9.17, 15) is 9.90 Å². The van der Waals surface area contributed by atoms with Crippen LogP contribution >= 0.6 is 0 Å². The van der Waals surface area contributed by atoms with Crippen molar-refractivity contribution in [2.24, 2.45) is 0 Å². The Kier molecular flexibility index (Phi) is 3.64. The van der Waals surface area contributed by atoms with Crippen molar-refractivity contribution in [3.05, 3.63) is 23.8 Å². The lowest BCUT2D eigenvalue weighted by atomic mass is 10.1. The summed E-state index contributed by atoms with van der Waals surface area (Å²) < 4.78 is 5.38. The molecule has 0 radical (unpaired) electrons. The van der Waals surface area contributed by atoms with Gasteiger partial charge in [0.25, 0.3) is 0 Å². The van der Waals surface area contributed by atoms with E-state index in [4.69, 9.17) is 4.74 Å². The molecular weight excluding hydrogens is 218 g/mol. The zero-order chi connectivity index (χ0) is 12.3. The molecule has 0 amide bonds. The monoisotopic (exact) mass is 235 g/mol. The summed E-state index contributed by atoms with van der Waals surface area (Å²) in [6.07, 6.45) is 0.981. The van der Waals surface area contributed by atoms with Gasteiger partial charge in [0, 0.05) is 31.5 Å². The van der Waals surface area contributed by atoms with Crippen molar-refractivity contribution in [1.29, 1.82) is 0 Å². The van der Waals surface area contributed by atoms with Crippen LogP contribution in [0.1, 0.15) is 23.7 Å². The van der Waals surface area contributed by atoms with Crippen molar-refractivity contribution >= 4 is 11.5 Å². The number of aromatic hydroxyl groups is 1. The number of ketones is 1. The lowest BCUT2D eigenvalue weighted by Crippen LogP contribution is -2.25. The smallest absolute Gasteiger partial charge is 0.163 e. The summed E-state index contributed by atoms with van der Waals surface area (Å²) in [5.74, 6) is -0.0617. The first-order valence-electron chi connectivity index (χ1n) is 5.85. The van der Waals surface area contributed by atoms with E-state index in [-0.39, 0.29) is 11.5 Å². The number of rotatable bonds is 2. The Bertz CT molecular complexity index is 409. The van der Waals surface area contributed by atoms with Gasteiger partial charge in [0.05, 0.1) is 12.2 Å². The van der Waals surface area contributed by atoms with Crippen molar-refractivity contribution in [3.63, 3.8) is 0 Å². The van der Waals surface area contributed by atoms with Crippen LogP contribution in [0.3, 0.4) is 0 Å². The highest BCUT2D eigenvalue weighted by molar-refractivity contribution is 5.97. The van der Waals surface area contributed by atoms with E-state index in [1.807, 2.05) is 6.07 Å². The van der Waals surface area contributed by atoms with Crippen LogP contribution in [0.25, 0.3) is 0 Å². The Morgan fingerprint density at radius 1 is 1.35 bits per heavy atom. The number of ether oxygens (including phenoxy) is 1. The summed E-state index contributed by atoms with van der Waals surface area (Å²) in [5, 5.41) is 9.78. The summed E-state index contributed by atoms with van der Waals surface area (Å²) in [4.78, 5) is 13.4. The highest BCUT2D eigenvalue weighted by Gasteiger charge is 2.13. The van der Waals surface area contributed by atoms with Gasteiger partial charge < -0.3 is 14.7 Å². The first kappa shape index (κ1) is 11.9. The normalized spacial score (nSPS) is 16.6. The van der Waals surface area contributed by atoms with Gasteiger partial charge in [-0.15, -0.1) is 0 Å². The van der Waals surface area contributed by atoms with Crippen molar-refractivity contribution in [3.8, 4) is 5.75 Å². The summed E-state index contributed by atoms with van der Waals surface area (Å²) in [7, 11) is 0. The van der Waals surface area contributed by atoms with E-state index >= 15 is 0 Å². The lowest BCUT2D eigenvalue weighted by molar-refractivity contribution is 0.101. The molecule has 0 unspecified atom stereocenters. The highest BCUT2D eigenvalue weighted by Crippen LogP contribution is 2.25. The lowest BCUT2D eigenvalue weighted by Gasteiger charge is -2.22. The van der Waals surface area contributed by atoms with Crippen LogP contribution in [0, 0.1) is 0 Å². The SMILES string of the molecule is CC(=O)c1ccc(N2CCCOCC2)cc1O. The second-order valence-corrected chi connectivity index (χ2v) is 4.21. The topological polar surface area (TPSA) is 49.8 Å². The van der Waals surface area contributed by atoms with Crippen LogP contribution in [0.15, 0.2) is 18.2 Å². The molecule has 92 valence electrons. The number of benzene rings is 1. The van der Waals surface area contributed by atoms with Gasteiger partial charge in [0.15, 0.2) is 5.78 Å². The van der Waals surface area contributed by atoms with E-state index in [0.29, 0.717) is 12.2 Å². The second-order valence-electron chi connectivity index (χ2n) is 4.21. The maximum atomic E-state index is 11.2. The first-order chi connectivity index (χ1) is 8.18. The van der Waals surface area contributed by atoms with Crippen LogP contribution in [0.4, 0.5) is 5.69 Å². The molecule has 1 aromatic carbocycles. The number of hydrogen-bond acceptors (Lipinski definition) is 4. The molecule has 17 heavy (non-hydrogen) atoms. The maximum absolute atomic E-state index is 11.2. The molecule has 4 heteroatoms. The Morgan fingerprint density at radius 3 is 2.88 bits per heavy atom. The minimum Gasteiger partial charge on any atom is -0.507 e. The minimum atomic E-state index is -0.117. The van der Waals surface area contributed by atoms with Gasteiger partial charge in [-0.25, -0.2) is 0 Å². The van der Waals surface area contributed by atoms with E-state index in [1.54, 1.807) is 12.1 Å². The van der Waals surface area contributed by atoms with Gasteiger partial charge in [0.2, 0.25) is 0 Å². The Balaban J connectivity index is 2.21. The van der Waals surface area contributed by atoms with Gasteiger partial charge in [-0.2, -0.15) is 0 Å². The second kappa shape index (κ2) is 5.19. The third-order valence-corrected chi connectivity index (χ3v) is 2.95. The molecule has 0 aliphatic carbocycles. The fourth-order valence-electron chi connectivity index (χ4n) is 2.02. The average molecular weight is 235 g/mol. The fourth-order valence-corrected chi connectivity index (χ4v) is 2.02. The number of nitrogens with zero attached hydrogens (tertiary/aromatic N) is 1. The van der Waals surface area contributed by atoms with Gasteiger partial charge in [-0.1, -0.05) is 0 Å². The number of hydrogen-bond donors (Lipinski definition) is 1. The zero-order valence-electron chi connectivity index (χ0n) is 9.98. The average Bonchev–Trinajstić information content (AvgIpc) is 2.56. The molecular formula is C13H17NO3. The maximum Gasteiger partial charge on any atom is 0.163 e. The summed E-state index contributed by atoms with van der Waals surface area (Å²) in [6.45, 7) is 4.68. The highest BCUT2D eigenvalue weighted by atomic mass is 16.5. The molecule has 0 bridgehead atoms. The summed E-state index contributed by atoms with van der Waals surface area (Å²) in [6, 6.07) is 5.21. The first-order valence-corrected chi connectivity index (χ1v) is 5.85. The van der Waals surface area contributed by atoms with Gasteiger partial charge in [-0.05, 0) is 25.5 Å². The zero-order valence-corrected chi connectivity index (χ0v) is 9.98. The summed E-state index contributed by atoms with van der Waals surface area (Å²) in [5.41, 5.74) is 1.32. The van der Waals surface area contributed by atoms with Crippen LogP contribution < -0.4 is 4.90 Å². The van der Waals surface area contributed by atoms with Crippen molar-refractivity contribution in [1.82, 2.24) is 0 Å². The molecule has 4 nitrogen and oxygen atoms in total. The third-order valence-electron chi connectivity index (χ3n) is 2.95. The minimum absolute atomic E-state index is 0.0557. The molecule has 2 rings (SSSR count). The van der Waals surface area contributed by atoms with E-state index < -0.39 is 0 Å². The van der Waals surface area contributed by atoms with E-state index in [1.165, 1.54) is 6.92 Å². The predicted octanol–water partition coefficient (Wildman–Crippen LogP) is 1.82. The molecule has 1 aliphatic heterocycles. The molecule has 0 saturated carbocycles.